The van der Waals surface area contributed by atoms with Gasteiger partial charge in [-0.15, -0.1) is 0 Å². The van der Waals surface area contributed by atoms with Gasteiger partial charge in [-0.3, -0.25) is 4.79 Å². The molecule has 0 saturated carbocycles. The minimum absolute atomic E-state index is 0.241. The number of amides is 1. The molecule has 0 heterocycles. The van der Waals surface area contributed by atoms with Crippen LogP contribution in [-0.4, -0.2) is 5.91 Å². The molecule has 0 aromatic heterocycles. The minimum Gasteiger partial charge on any atom is -0.319 e. The highest BCUT2D eigenvalue weighted by Crippen LogP contribution is 2.25. The number of hydrogen-bond acceptors (Lipinski definition) is 2. The second-order valence-electron chi connectivity index (χ2n) is 5.08. The van der Waals surface area contributed by atoms with Gasteiger partial charge in [-0.1, -0.05) is 36.4 Å². The molecule has 21 heavy (non-hydrogen) atoms. The van der Waals surface area contributed by atoms with E-state index in [1.807, 2.05) is 0 Å². The van der Waals surface area contributed by atoms with Gasteiger partial charge in [-0.25, -0.2) is 8.78 Å². The molecule has 0 saturated heterocycles. The van der Waals surface area contributed by atoms with E-state index in [0.717, 1.165) is 6.07 Å². The van der Waals surface area contributed by atoms with Crippen LogP contribution in [0, 0.1) is 18.6 Å². The van der Waals surface area contributed by atoms with Crippen molar-refractivity contribution < 1.29 is 13.6 Å². The molecule has 2 aromatic rings. The Morgan fingerprint density at radius 3 is 2.38 bits per heavy atom. The lowest BCUT2D eigenvalue weighted by Crippen LogP contribution is -2.45. The van der Waals surface area contributed by atoms with Gasteiger partial charge < -0.3 is 11.1 Å². The zero-order chi connectivity index (χ0) is 15.6. The number of carbonyl (C=O) groups excluding carboxylic acids is 1. The van der Waals surface area contributed by atoms with E-state index in [9.17, 15) is 13.6 Å². The molecule has 2 rings (SSSR count). The summed E-state index contributed by atoms with van der Waals surface area (Å²) in [4.78, 5) is 12.3. The molecule has 3 nitrogen and oxygen atoms in total. The molecule has 110 valence electrons. The normalized spacial score (nSPS) is 13.6. The number of rotatable bonds is 3. The van der Waals surface area contributed by atoms with Crippen molar-refractivity contribution in [1.82, 2.24) is 0 Å². The van der Waals surface area contributed by atoms with E-state index in [1.54, 1.807) is 30.3 Å². The number of aryl methyl sites for hydroxylation is 1. The largest absolute Gasteiger partial charge is 0.319 e. The van der Waals surface area contributed by atoms with E-state index >= 15 is 0 Å². The molecule has 0 aliphatic carbocycles. The third kappa shape index (κ3) is 2.92. The second-order valence-corrected chi connectivity index (χ2v) is 5.08. The highest BCUT2D eigenvalue weighted by molar-refractivity contribution is 5.98. The average molecular weight is 290 g/mol. The van der Waals surface area contributed by atoms with E-state index in [1.165, 1.54) is 19.9 Å². The molecule has 1 unspecified atom stereocenters. The maximum absolute atomic E-state index is 13.9. The van der Waals surface area contributed by atoms with Gasteiger partial charge in [0.25, 0.3) is 0 Å². The summed E-state index contributed by atoms with van der Waals surface area (Å²) in [7, 11) is 0. The van der Waals surface area contributed by atoms with Crippen molar-refractivity contribution in [2.45, 2.75) is 19.4 Å². The topological polar surface area (TPSA) is 55.1 Å². The van der Waals surface area contributed by atoms with Crippen molar-refractivity contribution in [1.29, 1.82) is 0 Å². The Hall–Kier alpha value is -2.27. The molecular formula is C16H16F2N2O. The van der Waals surface area contributed by atoms with Gasteiger partial charge in [-0.2, -0.15) is 0 Å². The smallest absolute Gasteiger partial charge is 0.248 e. The first kappa shape index (κ1) is 15.1. The summed E-state index contributed by atoms with van der Waals surface area (Å²) in [6.45, 7) is 2.98. The Kier molecular flexibility index (Phi) is 4.04. The lowest BCUT2D eigenvalue weighted by atomic mass is 9.92. The first-order valence-electron chi connectivity index (χ1n) is 6.44. The maximum atomic E-state index is 13.9. The molecule has 0 aliphatic rings. The zero-order valence-electron chi connectivity index (χ0n) is 11.8. The number of halogens is 2. The third-order valence-corrected chi connectivity index (χ3v) is 3.37. The Bertz CT molecular complexity index is 669. The summed E-state index contributed by atoms with van der Waals surface area (Å²) in [5, 5.41) is 2.24. The van der Waals surface area contributed by atoms with Crippen LogP contribution in [0.5, 0.6) is 0 Å². The fourth-order valence-electron chi connectivity index (χ4n) is 1.93. The standard InChI is InChI=1S/C16H16F2N2O/c1-10-8-9-12(17)14(13(10)18)20-15(21)16(2,19)11-6-4-3-5-7-11/h3-9H,19H2,1-2H3,(H,20,21). The Morgan fingerprint density at radius 2 is 1.76 bits per heavy atom. The van der Waals surface area contributed by atoms with Crippen molar-refractivity contribution in [2.24, 2.45) is 5.73 Å². The van der Waals surface area contributed by atoms with Gasteiger partial charge in [0.2, 0.25) is 5.91 Å². The first-order chi connectivity index (χ1) is 9.84. The van der Waals surface area contributed by atoms with Crippen molar-refractivity contribution >= 4 is 11.6 Å². The van der Waals surface area contributed by atoms with Crippen LogP contribution in [0.1, 0.15) is 18.1 Å². The quantitative estimate of drug-likeness (QED) is 0.912. The van der Waals surface area contributed by atoms with E-state index in [4.69, 9.17) is 5.73 Å². The summed E-state index contributed by atoms with van der Waals surface area (Å²) >= 11 is 0. The van der Waals surface area contributed by atoms with E-state index in [-0.39, 0.29) is 5.56 Å². The molecule has 0 bridgehead atoms. The monoisotopic (exact) mass is 290 g/mol. The van der Waals surface area contributed by atoms with Crippen LogP contribution < -0.4 is 11.1 Å². The maximum Gasteiger partial charge on any atom is 0.248 e. The molecule has 3 N–H and O–H groups in total. The Labute approximate surface area is 121 Å². The van der Waals surface area contributed by atoms with E-state index in [0.29, 0.717) is 5.56 Å². The van der Waals surface area contributed by atoms with Crippen molar-refractivity contribution in [2.75, 3.05) is 5.32 Å². The highest BCUT2D eigenvalue weighted by atomic mass is 19.1. The molecule has 0 spiro atoms. The molecule has 0 aliphatic heterocycles. The van der Waals surface area contributed by atoms with Crippen molar-refractivity contribution in [3.05, 3.63) is 65.2 Å². The first-order valence-corrected chi connectivity index (χ1v) is 6.44. The van der Waals surface area contributed by atoms with Gasteiger partial charge in [0.05, 0.1) is 0 Å². The molecule has 1 amide bonds. The number of nitrogens with one attached hydrogen (secondary N) is 1. The van der Waals surface area contributed by atoms with Crippen molar-refractivity contribution in [3.8, 4) is 0 Å². The SMILES string of the molecule is Cc1ccc(F)c(NC(=O)C(C)(N)c2ccccc2)c1F. The van der Waals surface area contributed by atoms with Crippen LogP contribution in [0.25, 0.3) is 0 Å². The predicted octanol–water partition coefficient (Wildman–Crippen LogP) is 3.09. The molecule has 1 atom stereocenters. The van der Waals surface area contributed by atoms with Crippen LogP contribution in [0.4, 0.5) is 14.5 Å². The number of carbonyl (C=O) groups is 1. The van der Waals surface area contributed by atoms with Crippen molar-refractivity contribution in [3.63, 3.8) is 0 Å². The molecule has 0 radical (unpaired) electrons. The predicted molar refractivity (Wildman–Crippen MR) is 77.7 cm³/mol. The molecule has 2 aromatic carbocycles. The fraction of sp³-hybridized carbons (Fsp3) is 0.188. The van der Waals surface area contributed by atoms with Gasteiger partial charge in [0.15, 0.2) is 5.82 Å². The van der Waals surface area contributed by atoms with E-state index < -0.39 is 28.8 Å². The van der Waals surface area contributed by atoms with Gasteiger partial charge in [0.1, 0.15) is 17.0 Å². The summed E-state index contributed by atoms with van der Waals surface area (Å²) in [6.07, 6.45) is 0. The second kappa shape index (κ2) is 5.61. The molecule has 0 fully saturated rings. The van der Waals surface area contributed by atoms with Crippen LogP contribution in [-0.2, 0) is 10.3 Å². The van der Waals surface area contributed by atoms with Crippen LogP contribution in [0.2, 0.25) is 0 Å². The van der Waals surface area contributed by atoms with E-state index in [2.05, 4.69) is 5.32 Å². The number of benzene rings is 2. The number of nitrogens with two attached hydrogens (primary N) is 1. The lowest BCUT2D eigenvalue weighted by Gasteiger charge is -2.24. The third-order valence-electron chi connectivity index (χ3n) is 3.37. The van der Waals surface area contributed by atoms with Gasteiger partial charge in [-0.05, 0) is 31.0 Å². The Balaban J connectivity index is 2.33. The van der Waals surface area contributed by atoms with Crippen LogP contribution in [0.3, 0.4) is 0 Å². The highest BCUT2D eigenvalue weighted by Gasteiger charge is 2.31. The number of hydrogen-bond donors (Lipinski definition) is 2. The summed E-state index contributed by atoms with van der Waals surface area (Å²) < 4.78 is 27.6. The van der Waals surface area contributed by atoms with Crippen LogP contribution in [0.15, 0.2) is 42.5 Å². The van der Waals surface area contributed by atoms with Crippen LogP contribution >= 0.6 is 0 Å². The van der Waals surface area contributed by atoms with Gasteiger partial charge in [0, 0.05) is 0 Å². The minimum atomic E-state index is -1.40. The summed E-state index contributed by atoms with van der Waals surface area (Å²) in [5.41, 5.74) is 4.93. The lowest BCUT2D eigenvalue weighted by molar-refractivity contribution is -0.120. The number of anilines is 1. The zero-order valence-corrected chi connectivity index (χ0v) is 11.8. The van der Waals surface area contributed by atoms with Gasteiger partial charge >= 0.3 is 0 Å². The fourth-order valence-corrected chi connectivity index (χ4v) is 1.93. The Morgan fingerprint density at radius 1 is 1.14 bits per heavy atom. The molecular weight excluding hydrogens is 274 g/mol. The summed E-state index contributed by atoms with van der Waals surface area (Å²) in [6, 6.07) is 11.0. The molecule has 5 heteroatoms. The summed E-state index contributed by atoms with van der Waals surface area (Å²) in [5.74, 6) is -2.32. The average Bonchev–Trinajstić information content (AvgIpc) is 2.48.